The summed E-state index contributed by atoms with van der Waals surface area (Å²) in [4.78, 5) is 7.20. The molecule has 30 heavy (non-hydrogen) atoms. The summed E-state index contributed by atoms with van der Waals surface area (Å²) < 4.78 is 7.27. The molecule has 166 valence electrons. The van der Waals surface area contributed by atoms with Gasteiger partial charge in [0.25, 0.3) is 0 Å². The molecule has 0 bridgehead atoms. The number of benzene rings is 1. The summed E-state index contributed by atoms with van der Waals surface area (Å²) in [7, 11) is 0. The van der Waals surface area contributed by atoms with Crippen molar-refractivity contribution in [1.29, 1.82) is 0 Å². The Hall–Kier alpha value is -1.65. The summed E-state index contributed by atoms with van der Waals surface area (Å²) >= 11 is 0. The first-order valence-corrected chi connectivity index (χ1v) is 10.8. The molecule has 1 aliphatic rings. The predicted molar refractivity (Wildman–Crippen MR) is 133 cm³/mol. The summed E-state index contributed by atoms with van der Waals surface area (Å²) in [6.45, 7) is 9.72. The van der Waals surface area contributed by atoms with Crippen molar-refractivity contribution < 1.29 is 4.74 Å². The number of nitrogens with one attached hydrogen (secondary N) is 2. The summed E-state index contributed by atoms with van der Waals surface area (Å²) in [6, 6.07) is 10.5. The molecule has 0 saturated carbocycles. The highest BCUT2D eigenvalue weighted by Crippen LogP contribution is 2.08. The molecular weight excluding hydrogens is 491 g/mol. The van der Waals surface area contributed by atoms with E-state index >= 15 is 0 Å². The molecule has 1 aromatic carbocycles. The van der Waals surface area contributed by atoms with Crippen LogP contribution in [0, 0.1) is 0 Å². The van der Waals surface area contributed by atoms with Crippen molar-refractivity contribution in [3.8, 4) is 5.69 Å². The van der Waals surface area contributed by atoms with Crippen LogP contribution in [0.1, 0.15) is 25.3 Å². The van der Waals surface area contributed by atoms with Crippen molar-refractivity contribution in [2.24, 2.45) is 4.99 Å². The number of ether oxygens (including phenoxy) is 1. The lowest BCUT2D eigenvalue weighted by molar-refractivity contribution is 0.0373. The fraction of sp³-hybridized carbons (Fsp3) is 0.545. The Labute approximate surface area is 197 Å². The largest absolute Gasteiger partial charge is 0.379 e. The molecule has 2 aromatic rings. The Bertz CT molecular complexity index is 714. The van der Waals surface area contributed by atoms with Gasteiger partial charge in [0, 0.05) is 45.1 Å². The van der Waals surface area contributed by atoms with Gasteiger partial charge in [-0.25, -0.2) is 4.68 Å². The van der Waals surface area contributed by atoms with Crippen molar-refractivity contribution in [2.75, 3.05) is 52.5 Å². The van der Waals surface area contributed by atoms with Crippen LogP contribution in [-0.2, 0) is 11.2 Å². The maximum absolute atomic E-state index is 5.39. The van der Waals surface area contributed by atoms with E-state index in [2.05, 4.69) is 51.8 Å². The number of nitrogens with zero attached hydrogens (tertiary/aromatic N) is 4. The van der Waals surface area contributed by atoms with Gasteiger partial charge in [-0.05, 0) is 56.5 Å². The minimum Gasteiger partial charge on any atom is -0.379 e. The summed E-state index contributed by atoms with van der Waals surface area (Å²) in [5, 5.41) is 11.0. The zero-order valence-corrected chi connectivity index (χ0v) is 20.3. The minimum absolute atomic E-state index is 0. The molecule has 2 heterocycles. The number of aromatic nitrogens is 2. The fourth-order valence-electron chi connectivity index (χ4n) is 3.37. The van der Waals surface area contributed by atoms with Gasteiger partial charge in [0.2, 0.25) is 0 Å². The number of hydrogen-bond donors (Lipinski definition) is 2. The standard InChI is InChI=1S/C22H34N6O.HI/c1-2-23-22(24-11-3-4-14-27-16-18-29-19-17-27)25-13-10-20-6-8-21(9-7-20)28-15-5-12-26-28;/h5-9,12,15H,2-4,10-11,13-14,16-19H2,1H3,(H2,23,24,25);1H. The van der Waals surface area contributed by atoms with E-state index in [4.69, 9.17) is 9.73 Å². The number of morpholine rings is 1. The van der Waals surface area contributed by atoms with Gasteiger partial charge < -0.3 is 15.4 Å². The fourth-order valence-corrected chi connectivity index (χ4v) is 3.37. The first-order chi connectivity index (χ1) is 14.3. The summed E-state index contributed by atoms with van der Waals surface area (Å²) in [6.07, 6.45) is 7.01. The van der Waals surface area contributed by atoms with Crippen molar-refractivity contribution >= 4 is 29.9 Å². The van der Waals surface area contributed by atoms with Gasteiger partial charge in [-0.15, -0.1) is 24.0 Å². The van der Waals surface area contributed by atoms with Crippen molar-refractivity contribution in [3.05, 3.63) is 48.3 Å². The van der Waals surface area contributed by atoms with E-state index in [0.29, 0.717) is 0 Å². The van der Waals surface area contributed by atoms with Gasteiger partial charge in [0.1, 0.15) is 0 Å². The molecule has 8 heteroatoms. The van der Waals surface area contributed by atoms with E-state index < -0.39 is 0 Å². The van der Waals surface area contributed by atoms with Gasteiger partial charge >= 0.3 is 0 Å². The Kier molecular flexibility index (Phi) is 11.8. The molecule has 0 unspecified atom stereocenters. The Morgan fingerprint density at radius 1 is 1.13 bits per heavy atom. The molecule has 0 atom stereocenters. The number of hydrogen-bond acceptors (Lipinski definition) is 4. The van der Waals surface area contributed by atoms with Crippen LogP contribution < -0.4 is 10.6 Å². The average Bonchev–Trinajstić information content (AvgIpc) is 3.30. The third-order valence-electron chi connectivity index (χ3n) is 5.01. The second kappa shape index (κ2) is 14.4. The highest BCUT2D eigenvalue weighted by Gasteiger charge is 2.08. The Balaban J connectivity index is 0.00000320. The van der Waals surface area contributed by atoms with Crippen LogP contribution in [0.5, 0.6) is 0 Å². The first kappa shape index (κ1) is 24.6. The zero-order chi connectivity index (χ0) is 20.2. The molecular formula is C22H35IN6O. The number of aliphatic imine (C=N–C) groups is 1. The second-order valence-electron chi connectivity index (χ2n) is 7.22. The first-order valence-electron chi connectivity index (χ1n) is 10.8. The van der Waals surface area contributed by atoms with Crippen LogP contribution in [0.15, 0.2) is 47.7 Å². The third-order valence-corrected chi connectivity index (χ3v) is 5.01. The van der Waals surface area contributed by atoms with E-state index in [1.807, 2.05) is 16.9 Å². The third kappa shape index (κ3) is 8.61. The molecule has 2 N–H and O–H groups in total. The van der Waals surface area contributed by atoms with Crippen molar-refractivity contribution in [1.82, 2.24) is 25.3 Å². The number of rotatable bonds is 10. The SMILES string of the molecule is CCNC(=NCCCCN1CCOCC1)NCCc1ccc(-n2cccn2)cc1.I. The quantitative estimate of drug-likeness (QED) is 0.216. The number of halogens is 1. The van der Waals surface area contributed by atoms with Gasteiger partial charge in [0.05, 0.1) is 18.9 Å². The maximum Gasteiger partial charge on any atom is 0.191 e. The van der Waals surface area contributed by atoms with Gasteiger partial charge in [0.15, 0.2) is 5.96 Å². The van der Waals surface area contributed by atoms with E-state index in [1.165, 1.54) is 12.0 Å². The molecule has 7 nitrogen and oxygen atoms in total. The number of unbranched alkanes of at least 4 members (excludes halogenated alkanes) is 1. The van der Waals surface area contributed by atoms with Gasteiger partial charge in [-0.1, -0.05) is 12.1 Å². The highest BCUT2D eigenvalue weighted by atomic mass is 127. The van der Waals surface area contributed by atoms with E-state index in [-0.39, 0.29) is 24.0 Å². The summed E-state index contributed by atoms with van der Waals surface area (Å²) in [5.41, 5.74) is 2.38. The monoisotopic (exact) mass is 526 g/mol. The molecule has 0 aliphatic carbocycles. The zero-order valence-electron chi connectivity index (χ0n) is 17.9. The normalized spacial score (nSPS) is 14.9. The van der Waals surface area contributed by atoms with Crippen LogP contribution >= 0.6 is 24.0 Å². The van der Waals surface area contributed by atoms with Crippen molar-refractivity contribution in [3.63, 3.8) is 0 Å². The lowest BCUT2D eigenvalue weighted by Crippen LogP contribution is -2.38. The van der Waals surface area contributed by atoms with Gasteiger partial charge in [-0.2, -0.15) is 5.10 Å². The van der Waals surface area contributed by atoms with E-state index in [9.17, 15) is 0 Å². The number of guanidine groups is 1. The molecule has 0 radical (unpaired) electrons. The van der Waals surface area contributed by atoms with Gasteiger partial charge in [-0.3, -0.25) is 9.89 Å². The second-order valence-corrected chi connectivity index (χ2v) is 7.22. The lowest BCUT2D eigenvalue weighted by Gasteiger charge is -2.26. The molecule has 1 aliphatic heterocycles. The van der Waals surface area contributed by atoms with Crippen molar-refractivity contribution in [2.45, 2.75) is 26.2 Å². The Morgan fingerprint density at radius 2 is 1.93 bits per heavy atom. The smallest absolute Gasteiger partial charge is 0.191 e. The minimum atomic E-state index is 0. The molecule has 0 spiro atoms. The molecule has 0 amide bonds. The molecule has 3 rings (SSSR count). The molecule has 1 saturated heterocycles. The van der Waals surface area contributed by atoms with E-state index in [0.717, 1.165) is 77.0 Å². The maximum atomic E-state index is 5.39. The van der Waals surface area contributed by atoms with Crippen LogP contribution in [0.25, 0.3) is 5.69 Å². The molecule has 1 aromatic heterocycles. The Morgan fingerprint density at radius 3 is 2.63 bits per heavy atom. The average molecular weight is 526 g/mol. The predicted octanol–water partition coefficient (Wildman–Crippen LogP) is 2.70. The van der Waals surface area contributed by atoms with Crippen LogP contribution in [-0.4, -0.2) is 73.1 Å². The van der Waals surface area contributed by atoms with Crippen LogP contribution in [0.4, 0.5) is 0 Å². The lowest BCUT2D eigenvalue weighted by atomic mass is 10.1. The topological polar surface area (TPSA) is 66.7 Å². The summed E-state index contributed by atoms with van der Waals surface area (Å²) in [5.74, 6) is 0.909. The van der Waals surface area contributed by atoms with E-state index in [1.54, 1.807) is 6.20 Å². The highest BCUT2D eigenvalue weighted by molar-refractivity contribution is 14.0. The van der Waals surface area contributed by atoms with Crippen LogP contribution in [0.2, 0.25) is 0 Å². The molecule has 1 fully saturated rings. The van der Waals surface area contributed by atoms with Crippen LogP contribution in [0.3, 0.4) is 0 Å².